The van der Waals surface area contributed by atoms with Gasteiger partial charge in [-0.2, -0.15) is 17.7 Å². The van der Waals surface area contributed by atoms with Crippen molar-refractivity contribution in [3.05, 3.63) is 64.8 Å². The second-order valence-electron chi connectivity index (χ2n) is 6.69. The Morgan fingerprint density at radius 2 is 1.84 bits per heavy atom. The van der Waals surface area contributed by atoms with Gasteiger partial charge in [0, 0.05) is 19.7 Å². The Balaban J connectivity index is 1.61. The minimum atomic E-state index is -3.68. The minimum Gasteiger partial charge on any atom is -0.439 e. The fraction of sp³-hybridized carbons (Fsp3) is 0.263. The number of nitrogens with two attached hydrogens (primary N) is 1. The summed E-state index contributed by atoms with van der Waals surface area (Å²) >= 11 is 5.79. The molecule has 0 aliphatic heterocycles. The Bertz CT molecular complexity index is 1130. The molecule has 10 nitrogen and oxygen atoms in total. The van der Waals surface area contributed by atoms with Gasteiger partial charge in [0.1, 0.15) is 11.6 Å². The lowest BCUT2D eigenvalue weighted by atomic mass is 10.1. The van der Waals surface area contributed by atoms with Gasteiger partial charge < -0.3 is 10.1 Å². The lowest BCUT2D eigenvalue weighted by Crippen LogP contribution is -2.34. The standard InChI is InChI=1S/C19H22ClN7O3S/c1-13-25-16(12-24-19-22-10-15(20)11-23-19)9-18(26-13)30-17-5-3-14(4-6-17)7-8-27(2)31(21,28)29/h3-6,9-11H,7-8,12H2,1-2H3,(H2,21,28,29)(H,22,23,24). The van der Waals surface area contributed by atoms with Gasteiger partial charge in [0.15, 0.2) is 0 Å². The Kier molecular flexibility index (Phi) is 7.33. The van der Waals surface area contributed by atoms with Crippen molar-refractivity contribution in [2.45, 2.75) is 19.9 Å². The molecule has 0 aliphatic carbocycles. The van der Waals surface area contributed by atoms with Gasteiger partial charge in [0.2, 0.25) is 11.8 Å². The number of hydrogen-bond acceptors (Lipinski definition) is 8. The zero-order valence-corrected chi connectivity index (χ0v) is 18.6. The molecule has 164 valence electrons. The van der Waals surface area contributed by atoms with Crippen LogP contribution in [0.1, 0.15) is 17.1 Å². The zero-order valence-electron chi connectivity index (χ0n) is 17.0. The van der Waals surface area contributed by atoms with Crippen molar-refractivity contribution < 1.29 is 13.2 Å². The van der Waals surface area contributed by atoms with Crippen molar-refractivity contribution in [2.75, 3.05) is 18.9 Å². The van der Waals surface area contributed by atoms with E-state index < -0.39 is 10.2 Å². The average Bonchev–Trinajstić information content (AvgIpc) is 2.71. The van der Waals surface area contributed by atoms with E-state index in [-0.39, 0.29) is 6.54 Å². The number of likely N-dealkylation sites (N-methyl/N-ethyl adjacent to an activating group) is 1. The van der Waals surface area contributed by atoms with Crippen LogP contribution in [0.2, 0.25) is 5.02 Å². The number of hydrogen-bond donors (Lipinski definition) is 2. The first kappa shape index (κ1) is 22.8. The van der Waals surface area contributed by atoms with Crippen molar-refractivity contribution in [3.63, 3.8) is 0 Å². The van der Waals surface area contributed by atoms with E-state index in [1.54, 1.807) is 25.1 Å². The van der Waals surface area contributed by atoms with E-state index >= 15 is 0 Å². The van der Waals surface area contributed by atoms with Crippen LogP contribution in [0.15, 0.2) is 42.7 Å². The number of anilines is 1. The first-order valence-corrected chi connectivity index (χ1v) is 11.1. The van der Waals surface area contributed by atoms with Crippen molar-refractivity contribution in [2.24, 2.45) is 5.14 Å². The van der Waals surface area contributed by atoms with E-state index in [9.17, 15) is 8.42 Å². The number of nitrogens with one attached hydrogen (secondary N) is 1. The molecule has 0 saturated heterocycles. The number of aryl methyl sites for hydroxylation is 1. The molecule has 0 amide bonds. The molecule has 2 heterocycles. The summed E-state index contributed by atoms with van der Waals surface area (Å²) < 4.78 is 29.5. The summed E-state index contributed by atoms with van der Waals surface area (Å²) in [5, 5.41) is 8.61. The van der Waals surface area contributed by atoms with E-state index in [0.717, 1.165) is 9.87 Å². The second-order valence-corrected chi connectivity index (χ2v) is 8.78. The molecule has 31 heavy (non-hydrogen) atoms. The molecule has 0 saturated carbocycles. The number of rotatable bonds is 9. The number of aromatic nitrogens is 4. The summed E-state index contributed by atoms with van der Waals surface area (Å²) in [6.07, 6.45) is 3.54. The maximum atomic E-state index is 11.3. The largest absolute Gasteiger partial charge is 0.439 e. The number of ether oxygens (including phenoxy) is 1. The number of nitrogens with zero attached hydrogens (tertiary/aromatic N) is 5. The average molecular weight is 464 g/mol. The van der Waals surface area contributed by atoms with Gasteiger partial charge in [0.05, 0.1) is 29.7 Å². The molecule has 3 rings (SSSR count). The zero-order chi connectivity index (χ0) is 22.4. The molecular weight excluding hydrogens is 442 g/mol. The molecule has 12 heteroatoms. The molecule has 0 unspecified atom stereocenters. The Hall–Kier alpha value is -2.86. The van der Waals surface area contributed by atoms with E-state index in [2.05, 4.69) is 25.3 Å². The fourth-order valence-corrected chi connectivity index (χ4v) is 3.02. The van der Waals surface area contributed by atoms with E-state index in [1.807, 2.05) is 12.1 Å². The summed E-state index contributed by atoms with van der Waals surface area (Å²) in [5.74, 6) is 2.01. The van der Waals surface area contributed by atoms with Crippen molar-refractivity contribution >= 4 is 27.8 Å². The van der Waals surface area contributed by atoms with Crippen molar-refractivity contribution in [1.29, 1.82) is 0 Å². The van der Waals surface area contributed by atoms with Crippen LogP contribution in [0, 0.1) is 6.92 Å². The van der Waals surface area contributed by atoms with Gasteiger partial charge in [-0.25, -0.2) is 20.1 Å². The predicted molar refractivity (Wildman–Crippen MR) is 117 cm³/mol. The number of benzene rings is 1. The quantitative estimate of drug-likeness (QED) is 0.493. The van der Waals surface area contributed by atoms with Crippen molar-refractivity contribution in [3.8, 4) is 11.6 Å². The fourth-order valence-electron chi connectivity index (χ4n) is 2.57. The Morgan fingerprint density at radius 3 is 2.48 bits per heavy atom. The highest BCUT2D eigenvalue weighted by Gasteiger charge is 2.11. The molecule has 3 aromatic rings. The van der Waals surface area contributed by atoms with Crippen LogP contribution in [0.3, 0.4) is 0 Å². The van der Waals surface area contributed by atoms with Gasteiger partial charge in [-0.15, -0.1) is 0 Å². The summed E-state index contributed by atoms with van der Waals surface area (Å²) in [5.41, 5.74) is 1.67. The van der Waals surface area contributed by atoms with E-state index in [0.29, 0.717) is 47.1 Å². The summed E-state index contributed by atoms with van der Waals surface area (Å²) in [6.45, 7) is 2.45. The third kappa shape index (κ3) is 7.10. The highest BCUT2D eigenvalue weighted by molar-refractivity contribution is 7.86. The first-order chi connectivity index (χ1) is 14.7. The van der Waals surface area contributed by atoms with Crippen LogP contribution in [0.4, 0.5) is 5.95 Å². The summed E-state index contributed by atoms with van der Waals surface area (Å²) in [7, 11) is -2.24. The Labute approximate surface area is 185 Å². The van der Waals surface area contributed by atoms with Crippen LogP contribution in [0.25, 0.3) is 0 Å². The molecule has 0 radical (unpaired) electrons. The molecule has 0 fully saturated rings. The Morgan fingerprint density at radius 1 is 1.16 bits per heavy atom. The molecule has 0 atom stereocenters. The molecule has 1 aromatic carbocycles. The molecule has 0 aliphatic rings. The van der Waals surface area contributed by atoms with Gasteiger partial charge in [0.25, 0.3) is 10.2 Å². The van der Waals surface area contributed by atoms with Gasteiger partial charge in [-0.1, -0.05) is 23.7 Å². The third-order valence-corrected chi connectivity index (χ3v) is 5.46. The van der Waals surface area contributed by atoms with Crippen LogP contribution in [0.5, 0.6) is 11.6 Å². The lowest BCUT2D eigenvalue weighted by Gasteiger charge is -2.13. The first-order valence-electron chi connectivity index (χ1n) is 9.26. The molecule has 0 spiro atoms. The van der Waals surface area contributed by atoms with Crippen LogP contribution >= 0.6 is 11.6 Å². The maximum absolute atomic E-state index is 11.3. The minimum absolute atomic E-state index is 0.290. The van der Waals surface area contributed by atoms with Crippen molar-refractivity contribution in [1.82, 2.24) is 24.2 Å². The van der Waals surface area contributed by atoms with Crippen LogP contribution in [-0.4, -0.2) is 46.3 Å². The third-order valence-electron chi connectivity index (χ3n) is 4.21. The topological polar surface area (TPSA) is 136 Å². The normalized spacial score (nSPS) is 11.5. The summed E-state index contributed by atoms with van der Waals surface area (Å²) in [4.78, 5) is 16.9. The second kappa shape index (κ2) is 9.96. The van der Waals surface area contributed by atoms with E-state index in [1.165, 1.54) is 19.4 Å². The molecule has 3 N–H and O–H groups in total. The smallest absolute Gasteiger partial charge is 0.276 e. The molecule has 0 bridgehead atoms. The number of halogens is 1. The van der Waals surface area contributed by atoms with Gasteiger partial charge in [-0.05, 0) is 31.0 Å². The van der Waals surface area contributed by atoms with Gasteiger partial charge in [-0.3, -0.25) is 0 Å². The summed E-state index contributed by atoms with van der Waals surface area (Å²) in [6, 6.07) is 9.04. The van der Waals surface area contributed by atoms with Crippen LogP contribution < -0.4 is 15.2 Å². The predicted octanol–water partition coefficient (Wildman–Crippen LogP) is 2.31. The van der Waals surface area contributed by atoms with Crippen LogP contribution in [-0.2, 0) is 23.2 Å². The SMILES string of the molecule is Cc1nc(CNc2ncc(Cl)cn2)cc(Oc2ccc(CCN(C)S(N)(=O)=O)cc2)n1. The maximum Gasteiger partial charge on any atom is 0.276 e. The van der Waals surface area contributed by atoms with Gasteiger partial charge >= 0.3 is 0 Å². The monoisotopic (exact) mass is 463 g/mol. The van der Waals surface area contributed by atoms with E-state index in [4.69, 9.17) is 21.5 Å². The lowest BCUT2D eigenvalue weighted by molar-refractivity contribution is 0.457. The molecule has 2 aromatic heterocycles. The highest BCUT2D eigenvalue weighted by atomic mass is 35.5. The highest BCUT2D eigenvalue weighted by Crippen LogP contribution is 2.21. The molecular formula is C19H22ClN7O3S.